The molecule has 1 N–H and O–H groups in total. The molecule has 32 valence electrons. The third kappa shape index (κ3) is 444. The lowest BCUT2D eigenvalue weighted by atomic mass is 12.0. The zero-order valence-electron chi connectivity index (χ0n) is 2.88. The Morgan fingerprint density at radius 3 is 1.80 bits per heavy atom. The van der Waals surface area contributed by atoms with Crippen molar-refractivity contribution in [1.82, 2.24) is 0 Å². The minimum absolute atomic E-state index is 1.25. The fourth-order valence-electron chi connectivity index (χ4n) is 0. The number of hydrogen-bond acceptors (Lipinski definition) is 2. The summed E-state index contributed by atoms with van der Waals surface area (Å²) < 4.78 is 0. The van der Waals surface area contributed by atoms with Gasteiger partial charge in [0.1, 0.15) is 0 Å². The van der Waals surface area contributed by atoms with Gasteiger partial charge in [-0.1, -0.05) is 6.66 Å². The van der Waals surface area contributed by atoms with Crippen LogP contribution in [-0.2, 0) is 0 Å². The second-order valence-corrected chi connectivity index (χ2v) is 0.0816. The molecule has 1 atom stereocenters. The topological polar surface area (TPSA) is 49.7 Å². The summed E-state index contributed by atoms with van der Waals surface area (Å²) in [5.74, 6) is 0. The first-order chi connectivity index (χ1) is 2.41. The van der Waals surface area contributed by atoms with Crippen molar-refractivity contribution in [2.45, 2.75) is 0 Å². The summed E-state index contributed by atoms with van der Waals surface area (Å²) in [5, 5.41) is 7.89. The molecule has 0 fully saturated rings. The van der Waals surface area contributed by atoms with Gasteiger partial charge in [-0.2, -0.15) is 0 Å². The molecular weight excluding hydrogens is 89.0 g/mol. The molecule has 0 saturated carbocycles. The van der Waals surface area contributed by atoms with Crippen LogP contribution in [0.25, 0.3) is 0 Å². The van der Waals surface area contributed by atoms with E-state index in [1.807, 2.05) is 6.66 Å². The fraction of sp³-hybridized carbons (Fsp3) is 1.00. The molecule has 0 aliphatic heterocycles. The van der Waals surface area contributed by atoms with Crippen LogP contribution in [0.3, 0.4) is 0 Å². The van der Waals surface area contributed by atoms with Crippen molar-refractivity contribution in [1.29, 1.82) is 0 Å². The van der Waals surface area contributed by atoms with Gasteiger partial charge >= 0.3 is 0 Å². The van der Waals surface area contributed by atoms with E-state index in [9.17, 15) is 0 Å². The molecule has 0 aliphatic carbocycles. The van der Waals surface area contributed by atoms with Crippen LogP contribution in [0.5, 0.6) is 0 Å². The summed E-state index contributed by atoms with van der Waals surface area (Å²) in [5.41, 5.74) is 0. The maximum Gasteiger partial charge on any atom is 0.152 e. The highest BCUT2D eigenvalue weighted by molar-refractivity contribution is 7.15. The summed E-state index contributed by atoms with van der Waals surface area (Å²) >= 11 is 0. The standard InChI is InChI=1S/CH5P.HNO2/c1-2;2-1-3/h2H2,1H3;(H,2,3). The Bertz CT molecular complexity index is 17.1. The van der Waals surface area contributed by atoms with Crippen molar-refractivity contribution in [3.8, 4) is 0 Å². The van der Waals surface area contributed by atoms with Crippen LogP contribution in [0.1, 0.15) is 0 Å². The number of nitrogens with zero attached hydrogens (tertiary/aromatic N) is 1. The van der Waals surface area contributed by atoms with Gasteiger partial charge < -0.3 is 5.21 Å². The monoisotopic (exact) mass is 95.0 g/mol. The van der Waals surface area contributed by atoms with Crippen LogP contribution in [0.15, 0.2) is 5.34 Å². The van der Waals surface area contributed by atoms with E-state index in [0.29, 0.717) is 0 Å². The molecule has 0 heterocycles. The van der Waals surface area contributed by atoms with Crippen molar-refractivity contribution >= 4 is 9.24 Å². The number of hydrogen-bond donors (Lipinski definition) is 1. The van der Waals surface area contributed by atoms with Gasteiger partial charge in [0, 0.05) is 0 Å². The maximum absolute atomic E-state index is 8.11. The van der Waals surface area contributed by atoms with E-state index in [4.69, 9.17) is 10.1 Å². The first kappa shape index (κ1) is 8.85. The molecule has 0 aromatic carbocycles. The second kappa shape index (κ2) is 44.5. The van der Waals surface area contributed by atoms with Crippen LogP contribution < -0.4 is 0 Å². The third-order valence-corrected chi connectivity index (χ3v) is 0. The first-order valence-electron chi connectivity index (χ1n) is 0.960. The zero-order valence-corrected chi connectivity index (χ0v) is 4.03. The largest absolute Gasteiger partial charge is 0.379 e. The van der Waals surface area contributed by atoms with Crippen molar-refractivity contribution in [3.63, 3.8) is 0 Å². The minimum Gasteiger partial charge on any atom is -0.379 e. The van der Waals surface area contributed by atoms with E-state index in [2.05, 4.69) is 9.24 Å². The van der Waals surface area contributed by atoms with Crippen LogP contribution in [-0.4, -0.2) is 11.9 Å². The van der Waals surface area contributed by atoms with E-state index >= 15 is 0 Å². The Hall–Kier alpha value is -0.170. The molecule has 5 heavy (non-hydrogen) atoms. The molecule has 0 saturated heterocycles. The SMILES string of the molecule is CP.O=NO. The van der Waals surface area contributed by atoms with Crippen molar-refractivity contribution < 1.29 is 5.21 Å². The van der Waals surface area contributed by atoms with E-state index < -0.39 is 0 Å². The van der Waals surface area contributed by atoms with Gasteiger partial charge in [-0.05, 0) is 0 Å². The van der Waals surface area contributed by atoms with Crippen LogP contribution in [0.4, 0.5) is 0 Å². The lowest BCUT2D eigenvalue weighted by Crippen LogP contribution is -1.25. The van der Waals surface area contributed by atoms with Crippen LogP contribution in [0.2, 0.25) is 0 Å². The Morgan fingerprint density at radius 1 is 1.80 bits per heavy atom. The Labute approximate surface area is 32.5 Å². The van der Waals surface area contributed by atoms with E-state index in [1.165, 1.54) is 5.34 Å². The van der Waals surface area contributed by atoms with Crippen LogP contribution >= 0.6 is 9.24 Å². The molecule has 0 aromatic heterocycles. The second-order valence-electron chi connectivity index (χ2n) is 0.0816. The predicted molar refractivity (Wildman–Crippen MR) is 23.2 cm³/mol. The van der Waals surface area contributed by atoms with Gasteiger partial charge in [0.2, 0.25) is 0 Å². The summed E-state index contributed by atoms with van der Waals surface area (Å²) in [7, 11) is 2.42. The van der Waals surface area contributed by atoms with Crippen molar-refractivity contribution in [3.05, 3.63) is 4.91 Å². The molecule has 0 aliphatic rings. The minimum atomic E-state index is 1.25. The van der Waals surface area contributed by atoms with Crippen molar-refractivity contribution in [2.75, 3.05) is 6.66 Å². The summed E-state index contributed by atoms with van der Waals surface area (Å²) in [6.45, 7) is 1.92. The summed E-state index contributed by atoms with van der Waals surface area (Å²) in [6.07, 6.45) is 0. The molecule has 4 heteroatoms. The average molecular weight is 95.0 g/mol. The number of rotatable bonds is 0. The molecule has 0 radical (unpaired) electrons. The molecule has 0 spiro atoms. The van der Waals surface area contributed by atoms with Crippen LogP contribution in [0, 0.1) is 4.91 Å². The van der Waals surface area contributed by atoms with Gasteiger partial charge in [0.05, 0.1) is 0 Å². The summed E-state index contributed by atoms with van der Waals surface area (Å²) in [4.78, 5) is 8.11. The van der Waals surface area contributed by atoms with Gasteiger partial charge in [0.15, 0.2) is 5.34 Å². The molecule has 0 amide bonds. The molecule has 3 nitrogen and oxygen atoms in total. The molecule has 1 unspecified atom stereocenters. The molecule has 0 rings (SSSR count). The Kier molecular flexibility index (Phi) is 78.8. The Balaban J connectivity index is 0. The van der Waals surface area contributed by atoms with Gasteiger partial charge in [-0.15, -0.1) is 14.1 Å². The highest BCUT2D eigenvalue weighted by Gasteiger charge is 1.18. The first-order valence-corrected chi connectivity index (χ1v) is 2.11. The average Bonchev–Trinajstić information content (AvgIpc) is 1.46. The van der Waals surface area contributed by atoms with E-state index in [-0.39, 0.29) is 0 Å². The highest BCUT2D eigenvalue weighted by atomic mass is 31.0. The Morgan fingerprint density at radius 2 is 1.80 bits per heavy atom. The maximum atomic E-state index is 8.11. The third-order valence-electron chi connectivity index (χ3n) is 0. The molecule has 0 aromatic rings. The molecular formula is CH6NO2P. The van der Waals surface area contributed by atoms with E-state index in [0.717, 1.165) is 0 Å². The van der Waals surface area contributed by atoms with Gasteiger partial charge in [-0.3, -0.25) is 0 Å². The normalized spacial score (nSPS) is 3.60. The van der Waals surface area contributed by atoms with Gasteiger partial charge in [-0.25, -0.2) is 0 Å². The lowest BCUT2D eigenvalue weighted by Gasteiger charge is -1.32. The highest BCUT2D eigenvalue weighted by Crippen LogP contribution is 1.46. The smallest absolute Gasteiger partial charge is 0.152 e. The molecule has 0 bridgehead atoms. The van der Waals surface area contributed by atoms with E-state index in [1.54, 1.807) is 0 Å². The predicted octanol–water partition coefficient (Wildman–Crippen LogP) is 0.633. The van der Waals surface area contributed by atoms with Gasteiger partial charge in [0.25, 0.3) is 0 Å². The quantitative estimate of drug-likeness (QED) is 0.272. The zero-order chi connectivity index (χ0) is 4.71. The van der Waals surface area contributed by atoms with Crippen molar-refractivity contribution in [2.24, 2.45) is 5.34 Å². The lowest BCUT2D eigenvalue weighted by molar-refractivity contribution is 0.312. The fourth-order valence-corrected chi connectivity index (χ4v) is 0. The summed E-state index contributed by atoms with van der Waals surface area (Å²) in [6, 6.07) is 0.